The van der Waals surface area contributed by atoms with Crippen molar-refractivity contribution in [2.75, 3.05) is 75.0 Å². The summed E-state index contributed by atoms with van der Waals surface area (Å²) in [5.41, 5.74) is 8.47. The Kier molecular flexibility index (Phi) is 22.6. The highest BCUT2D eigenvalue weighted by atomic mass is 16.7. The number of anilines is 1. The highest BCUT2D eigenvalue weighted by Gasteiger charge is 2.40. The number of carboxylic acid groups (broad SMARTS) is 1. The summed E-state index contributed by atoms with van der Waals surface area (Å²) in [6, 6.07) is 29.7. The minimum atomic E-state index is -1.33. The van der Waals surface area contributed by atoms with Crippen LogP contribution in [0.2, 0.25) is 0 Å². The van der Waals surface area contributed by atoms with Gasteiger partial charge in [-0.2, -0.15) is 0 Å². The van der Waals surface area contributed by atoms with Gasteiger partial charge in [-0.1, -0.05) is 78.9 Å². The Morgan fingerprint density at radius 3 is 1.46 bits per heavy atom. The number of carbonyl (C=O) groups excluding carboxylic acids is 5. The maximum Gasteiger partial charge on any atom is 0.516 e. The van der Waals surface area contributed by atoms with Crippen LogP contribution in [-0.4, -0.2) is 134 Å². The predicted molar refractivity (Wildman–Crippen MR) is 331 cm³/mol. The van der Waals surface area contributed by atoms with Crippen molar-refractivity contribution in [2.24, 2.45) is 17.6 Å². The van der Waals surface area contributed by atoms with Crippen molar-refractivity contribution in [1.29, 1.82) is 0 Å². The van der Waals surface area contributed by atoms with Gasteiger partial charge in [0.15, 0.2) is 34.6 Å². The second-order valence-electron chi connectivity index (χ2n) is 22.7. The lowest BCUT2D eigenvalue weighted by Gasteiger charge is -2.33. The second-order valence-corrected chi connectivity index (χ2v) is 22.7. The van der Waals surface area contributed by atoms with E-state index in [0.717, 1.165) is 27.2 Å². The molecule has 2 unspecified atom stereocenters. The van der Waals surface area contributed by atoms with E-state index in [-0.39, 0.29) is 84.7 Å². The standard InChI is InChI=1S/2C34H39NO10/c1-34(2,3)45-33(39)35(24(32(37)38)16-20-11-9-8-10-12-20)23-17-21(13-14-25(23)40-4)15-22-19-44-26-18-27(41-5)30(42-6)31(43-7)28(26)29(22)36;1-34(2,45-33(38)44-32(37)24(35)16-20-10-8-7-9-11-20)18-22-14-21(12-13-25(22)39-3)15-23-19-43-26-17-27(40-4)30(41-5)31(42-6)28(26)29(23)36/h8-14,17-18,22,24H,15-16,19H2,1-7H3,(H,37,38);7-14,17,23-24H,15-16,18-19,35H2,1-6H3/t22?,24-;23?,24-/m00/s1. The monoisotopic (exact) mass is 1240 g/mol. The molecule has 480 valence electrons. The molecule has 0 aromatic heterocycles. The van der Waals surface area contributed by atoms with E-state index >= 15 is 0 Å². The summed E-state index contributed by atoms with van der Waals surface area (Å²) in [5, 5.41) is 10.4. The molecule has 3 N–H and O–H groups in total. The molecular weight excluding hydrogens is 1160 g/mol. The number of ether oxygens (including phenoxy) is 13. The molecule has 0 radical (unpaired) electrons. The maximum atomic E-state index is 13.8. The number of carbonyl (C=O) groups is 6. The van der Waals surface area contributed by atoms with E-state index in [9.17, 15) is 33.9 Å². The Bertz CT molecular complexity index is 3550. The molecule has 2 aliphatic heterocycles. The van der Waals surface area contributed by atoms with Crippen LogP contribution in [0.15, 0.2) is 109 Å². The molecule has 0 fully saturated rings. The third-order valence-corrected chi connectivity index (χ3v) is 14.7. The molecule has 0 spiro atoms. The highest BCUT2D eigenvalue weighted by Crippen LogP contribution is 2.49. The summed E-state index contributed by atoms with van der Waals surface area (Å²) < 4.78 is 72.0. The molecule has 4 atom stereocenters. The highest BCUT2D eigenvalue weighted by molar-refractivity contribution is 6.06. The van der Waals surface area contributed by atoms with Crippen molar-refractivity contribution < 1.29 is 95.5 Å². The molecule has 90 heavy (non-hydrogen) atoms. The summed E-state index contributed by atoms with van der Waals surface area (Å²) in [6.45, 7) is 8.73. The predicted octanol–water partition coefficient (Wildman–Crippen LogP) is 10.3. The van der Waals surface area contributed by atoms with Crippen molar-refractivity contribution in [3.63, 3.8) is 0 Å². The maximum absolute atomic E-state index is 13.8. The molecule has 6 aromatic carbocycles. The molecule has 1 amide bonds. The van der Waals surface area contributed by atoms with E-state index in [0.29, 0.717) is 52.0 Å². The van der Waals surface area contributed by atoms with Crippen molar-refractivity contribution in [1.82, 2.24) is 0 Å². The van der Waals surface area contributed by atoms with Gasteiger partial charge in [0.2, 0.25) is 11.5 Å². The fourth-order valence-electron chi connectivity index (χ4n) is 10.6. The normalized spacial score (nSPS) is 14.8. The number of benzene rings is 6. The van der Waals surface area contributed by atoms with Crippen LogP contribution >= 0.6 is 0 Å². The van der Waals surface area contributed by atoms with E-state index in [2.05, 4.69) is 0 Å². The molecule has 0 saturated heterocycles. The number of methoxy groups -OCH3 is 8. The third kappa shape index (κ3) is 16.3. The Balaban J connectivity index is 0.000000256. The van der Waals surface area contributed by atoms with Gasteiger partial charge in [0.05, 0.1) is 87.6 Å². The van der Waals surface area contributed by atoms with Crippen LogP contribution in [0, 0.1) is 11.8 Å². The average Bonchev–Trinajstić information content (AvgIpc) is 0.914. The average molecular weight is 1240 g/mol. The first kappa shape index (κ1) is 67.8. The third-order valence-electron chi connectivity index (χ3n) is 14.7. The van der Waals surface area contributed by atoms with Gasteiger partial charge in [-0.3, -0.25) is 14.5 Å². The fraction of sp³-hybridized carbons (Fsp3) is 0.382. The molecule has 2 heterocycles. The molecule has 0 saturated carbocycles. The summed E-state index contributed by atoms with van der Waals surface area (Å²) >= 11 is 0. The van der Waals surface area contributed by atoms with E-state index < -0.39 is 59.3 Å². The molecule has 22 heteroatoms. The summed E-state index contributed by atoms with van der Waals surface area (Å²) in [6.07, 6.45) is -0.956. The van der Waals surface area contributed by atoms with E-state index in [4.69, 9.17) is 67.3 Å². The summed E-state index contributed by atoms with van der Waals surface area (Å²) in [5.74, 6) is -0.274. The molecule has 22 nitrogen and oxygen atoms in total. The molecular formula is C68H78N2O20. The lowest BCUT2D eigenvalue weighted by molar-refractivity contribution is -0.143. The van der Waals surface area contributed by atoms with Gasteiger partial charge < -0.3 is 72.4 Å². The molecule has 0 aliphatic carbocycles. The molecule has 8 rings (SSSR count). The van der Waals surface area contributed by atoms with Gasteiger partial charge >= 0.3 is 24.2 Å². The van der Waals surface area contributed by atoms with Crippen molar-refractivity contribution in [2.45, 2.75) is 90.0 Å². The lowest BCUT2D eigenvalue weighted by Crippen LogP contribution is -2.49. The number of hydrogen-bond acceptors (Lipinski definition) is 20. The van der Waals surface area contributed by atoms with E-state index in [1.807, 2.05) is 48.5 Å². The Hall–Kier alpha value is -9.70. The van der Waals surface area contributed by atoms with Crippen LogP contribution in [0.1, 0.15) is 83.2 Å². The van der Waals surface area contributed by atoms with Gasteiger partial charge in [0.1, 0.15) is 57.4 Å². The van der Waals surface area contributed by atoms with Crippen LogP contribution < -0.4 is 58.0 Å². The van der Waals surface area contributed by atoms with E-state index in [1.54, 1.807) is 95.3 Å². The number of ketones is 2. The van der Waals surface area contributed by atoms with Gasteiger partial charge in [0, 0.05) is 25.0 Å². The number of fused-ring (bicyclic) bond motifs is 2. The first-order chi connectivity index (χ1) is 42.9. The largest absolute Gasteiger partial charge is 0.516 e. The van der Waals surface area contributed by atoms with E-state index in [1.165, 1.54) is 56.9 Å². The quantitative estimate of drug-likeness (QED) is 0.0446. The fourth-order valence-corrected chi connectivity index (χ4v) is 10.6. The van der Waals surface area contributed by atoms with Crippen molar-refractivity contribution in [3.05, 3.63) is 148 Å². The Morgan fingerprint density at radius 1 is 0.556 bits per heavy atom. The molecule has 2 aliphatic rings. The number of nitrogens with two attached hydrogens (primary N) is 1. The first-order valence-electron chi connectivity index (χ1n) is 28.8. The topological polar surface area (TPSA) is 272 Å². The molecule has 0 bridgehead atoms. The van der Waals surface area contributed by atoms with Gasteiger partial charge in [-0.15, -0.1) is 0 Å². The summed E-state index contributed by atoms with van der Waals surface area (Å²) in [7, 11) is 11.8. The number of carboxylic acids is 1. The Labute approximate surface area is 523 Å². The van der Waals surface area contributed by atoms with Crippen LogP contribution in [0.4, 0.5) is 15.3 Å². The number of amides is 1. The van der Waals surface area contributed by atoms with Gasteiger partial charge in [-0.05, 0) is 99.9 Å². The van der Waals surface area contributed by atoms with Crippen LogP contribution in [-0.2, 0) is 55.9 Å². The van der Waals surface area contributed by atoms with Gasteiger partial charge in [-0.25, -0.2) is 19.2 Å². The van der Waals surface area contributed by atoms with Crippen LogP contribution in [0.5, 0.6) is 57.5 Å². The SMILES string of the molecule is COc1ccc(CC2COc3cc(OC)c(OC)c(OC)c3C2=O)cc1CC(C)(C)OC(=O)OC(=O)[C@@H](N)Cc1ccccc1.COc1ccc(CC2COc3cc(OC)c(OC)c(OC)c3C2=O)cc1N(C(=O)OC(C)(C)C)[C@@H](Cc1ccccc1)C(=O)O. The van der Waals surface area contributed by atoms with Gasteiger partial charge in [0.25, 0.3) is 0 Å². The number of esters is 1. The smallest absolute Gasteiger partial charge is 0.496 e. The number of nitrogens with zero attached hydrogens (tertiary/aromatic N) is 1. The number of aliphatic carboxylic acids is 1. The zero-order valence-electron chi connectivity index (χ0n) is 52.9. The minimum Gasteiger partial charge on any atom is -0.496 e. The number of Topliss-reactive ketones (excluding diaryl/α,β-unsaturated/α-hetero) is 2. The minimum absolute atomic E-state index is 0.0135. The zero-order valence-corrected chi connectivity index (χ0v) is 52.9. The summed E-state index contributed by atoms with van der Waals surface area (Å²) in [4.78, 5) is 80.0. The van der Waals surface area contributed by atoms with Crippen molar-refractivity contribution >= 4 is 41.4 Å². The number of hydrogen-bond donors (Lipinski definition) is 2. The van der Waals surface area contributed by atoms with Crippen LogP contribution in [0.3, 0.4) is 0 Å². The zero-order chi connectivity index (χ0) is 65.6. The Morgan fingerprint density at radius 2 is 1.01 bits per heavy atom. The van der Waals surface area contributed by atoms with Crippen molar-refractivity contribution in [3.8, 4) is 57.5 Å². The molecule has 6 aromatic rings. The number of rotatable bonds is 23. The van der Waals surface area contributed by atoms with Crippen LogP contribution in [0.25, 0.3) is 0 Å². The second kappa shape index (κ2) is 30.0. The first-order valence-corrected chi connectivity index (χ1v) is 28.8. The lowest BCUT2D eigenvalue weighted by atomic mass is 9.87.